The normalized spacial score (nSPS) is 11.3. The molecule has 1 aromatic rings. The smallest absolute Gasteiger partial charge is 0.326 e. The van der Waals surface area contributed by atoms with Crippen molar-refractivity contribution in [3.8, 4) is 0 Å². The van der Waals surface area contributed by atoms with Gasteiger partial charge in [-0.05, 0) is 18.2 Å². The third-order valence-electron chi connectivity index (χ3n) is 2.56. The molecule has 8 heteroatoms. The van der Waals surface area contributed by atoms with Crippen molar-refractivity contribution in [3.05, 3.63) is 28.8 Å². The van der Waals surface area contributed by atoms with Crippen LogP contribution in [0.4, 0.5) is 5.69 Å². The molecule has 0 aliphatic heterocycles. The van der Waals surface area contributed by atoms with Gasteiger partial charge in [-0.1, -0.05) is 11.6 Å². The number of carbonyl (C=O) groups is 4. The lowest BCUT2D eigenvalue weighted by molar-refractivity contribution is -0.141. The van der Waals surface area contributed by atoms with Gasteiger partial charge in [0.2, 0.25) is 12.3 Å². The van der Waals surface area contributed by atoms with E-state index in [1.54, 1.807) is 0 Å². The molecule has 0 spiro atoms. The average molecular weight is 313 g/mol. The molecule has 1 rings (SSSR count). The van der Waals surface area contributed by atoms with Crippen molar-refractivity contribution in [2.75, 3.05) is 5.32 Å². The van der Waals surface area contributed by atoms with Gasteiger partial charge in [0.25, 0.3) is 0 Å². The van der Waals surface area contributed by atoms with Crippen LogP contribution in [0, 0.1) is 0 Å². The van der Waals surface area contributed by atoms with Gasteiger partial charge in [0.15, 0.2) is 5.78 Å². The predicted molar refractivity (Wildman–Crippen MR) is 75.3 cm³/mol. The molecule has 0 saturated heterocycles. The highest BCUT2D eigenvalue weighted by molar-refractivity contribution is 6.31. The monoisotopic (exact) mass is 312 g/mol. The van der Waals surface area contributed by atoms with Crippen LogP contribution in [-0.4, -0.2) is 35.2 Å². The molecule has 21 heavy (non-hydrogen) atoms. The van der Waals surface area contributed by atoms with E-state index >= 15 is 0 Å². The first-order valence-electron chi connectivity index (χ1n) is 5.88. The fraction of sp³-hybridized carbons (Fsp3) is 0.231. The second-order valence-corrected chi connectivity index (χ2v) is 4.61. The zero-order chi connectivity index (χ0) is 16.0. The summed E-state index contributed by atoms with van der Waals surface area (Å²) in [6, 6.07) is 2.86. The summed E-state index contributed by atoms with van der Waals surface area (Å²) < 4.78 is 0. The Morgan fingerprint density at radius 2 is 2.05 bits per heavy atom. The van der Waals surface area contributed by atoms with Crippen molar-refractivity contribution in [2.24, 2.45) is 0 Å². The van der Waals surface area contributed by atoms with Gasteiger partial charge in [0.05, 0.1) is 5.69 Å². The number of halogens is 1. The fourth-order valence-electron chi connectivity index (χ4n) is 1.68. The molecule has 0 unspecified atom stereocenters. The van der Waals surface area contributed by atoms with Crippen molar-refractivity contribution in [1.29, 1.82) is 0 Å². The average Bonchev–Trinajstić information content (AvgIpc) is 2.37. The van der Waals surface area contributed by atoms with Crippen molar-refractivity contribution in [1.82, 2.24) is 5.32 Å². The lowest BCUT2D eigenvalue weighted by Crippen LogP contribution is -2.41. The van der Waals surface area contributed by atoms with E-state index in [2.05, 4.69) is 10.6 Å². The van der Waals surface area contributed by atoms with Crippen molar-refractivity contribution < 1.29 is 24.3 Å². The van der Waals surface area contributed by atoms with Gasteiger partial charge < -0.3 is 15.7 Å². The van der Waals surface area contributed by atoms with Crippen LogP contribution in [0.3, 0.4) is 0 Å². The number of anilines is 1. The molecule has 7 nitrogen and oxygen atoms in total. The molecule has 112 valence electrons. The van der Waals surface area contributed by atoms with E-state index in [0.29, 0.717) is 11.4 Å². The van der Waals surface area contributed by atoms with Crippen LogP contribution >= 0.6 is 11.6 Å². The Bertz CT molecular complexity index is 588. The predicted octanol–water partition coefficient (Wildman–Crippen LogP) is 1.07. The Labute approximate surface area is 125 Å². The summed E-state index contributed by atoms with van der Waals surface area (Å²) in [5, 5.41) is 13.8. The Kier molecular flexibility index (Phi) is 5.86. The second kappa shape index (κ2) is 7.39. The lowest BCUT2D eigenvalue weighted by Gasteiger charge is -2.14. The van der Waals surface area contributed by atoms with E-state index in [1.807, 2.05) is 0 Å². The minimum Gasteiger partial charge on any atom is -0.480 e. The van der Waals surface area contributed by atoms with E-state index in [4.69, 9.17) is 16.7 Å². The standard InChI is InChI=1S/C13H13ClN2O5/c1-7(18)16-11(13(20)21)5-12(19)9-3-2-8(14)4-10(9)15-6-17/h2-4,6,11H,5H2,1H3,(H,15,17)(H,16,18)(H,20,21)/t11-/m0/s1. The number of rotatable bonds is 7. The van der Waals surface area contributed by atoms with Gasteiger partial charge >= 0.3 is 5.97 Å². The first-order chi connectivity index (χ1) is 9.85. The number of hydrogen-bond acceptors (Lipinski definition) is 4. The zero-order valence-corrected chi connectivity index (χ0v) is 11.8. The Hall–Kier alpha value is -2.41. The number of carboxylic acids is 1. The summed E-state index contributed by atoms with van der Waals surface area (Å²) in [7, 11) is 0. The van der Waals surface area contributed by atoms with Crippen molar-refractivity contribution >= 4 is 41.4 Å². The number of benzene rings is 1. The number of aliphatic carboxylic acids is 1. The molecule has 0 radical (unpaired) electrons. The summed E-state index contributed by atoms with van der Waals surface area (Å²) in [5.74, 6) is -2.42. The number of nitrogens with one attached hydrogen (secondary N) is 2. The van der Waals surface area contributed by atoms with E-state index in [-0.39, 0.29) is 11.3 Å². The highest BCUT2D eigenvalue weighted by atomic mass is 35.5. The van der Waals surface area contributed by atoms with Gasteiger partial charge in [-0.15, -0.1) is 0 Å². The summed E-state index contributed by atoms with van der Waals surface area (Å²) in [6.45, 7) is 1.15. The highest BCUT2D eigenvalue weighted by Gasteiger charge is 2.24. The molecule has 3 N–H and O–H groups in total. The maximum absolute atomic E-state index is 12.1. The number of carbonyl (C=O) groups excluding carboxylic acids is 3. The quantitative estimate of drug-likeness (QED) is 0.515. The first-order valence-corrected chi connectivity index (χ1v) is 6.25. The van der Waals surface area contributed by atoms with Gasteiger partial charge in [-0.2, -0.15) is 0 Å². The molecule has 0 bridgehead atoms. The zero-order valence-electron chi connectivity index (χ0n) is 11.1. The Morgan fingerprint density at radius 1 is 1.38 bits per heavy atom. The Morgan fingerprint density at radius 3 is 2.57 bits per heavy atom. The number of hydrogen-bond donors (Lipinski definition) is 3. The van der Waals surface area contributed by atoms with E-state index in [9.17, 15) is 19.2 Å². The maximum atomic E-state index is 12.1. The van der Waals surface area contributed by atoms with E-state index in [0.717, 1.165) is 6.92 Å². The van der Waals surface area contributed by atoms with Gasteiger partial charge in [0.1, 0.15) is 6.04 Å². The molecule has 2 amide bonds. The molecular formula is C13H13ClN2O5. The van der Waals surface area contributed by atoms with Gasteiger partial charge in [0, 0.05) is 23.9 Å². The summed E-state index contributed by atoms with van der Waals surface area (Å²) in [5.41, 5.74) is 0.289. The fourth-order valence-corrected chi connectivity index (χ4v) is 1.86. The minimum atomic E-state index is -1.34. The van der Waals surface area contributed by atoms with Crippen LogP contribution in [0.1, 0.15) is 23.7 Å². The molecule has 0 saturated carbocycles. The number of amides is 2. The van der Waals surface area contributed by atoms with Crippen LogP contribution in [-0.2, 0) is 14.4 Å². The van der Waals surface area contributed by atoms with E-state index < -0.39 is 30.1 Å². The van der Waals surface area contributed by atoms with E-state index in [1.165, 1.54) is 18.2 Å². The number of Topliss-reactive ketones (excluding diaryl/α,β-unsaturated/α-hetero) is 1. The third-order valence-corrected chi connectivity index (χ3v) is 2.80. The molecule has 1 aromatic carbocycles. The Balaban J connectivity index is 2.99. The number of ketones is 1. The summed E-state index contributed by atoms with van der Waals surface area (Å²) >= 11 is 5.76. The maximum Gasteiger partial charge on any atom is 0.326 e. The van der Waals surface area contributed by atoms with Crippen LogP contribution in [0.25, 0.3) is 0 Å². The number of carboxylic acid groups (broad SMARTS) is 1. The highest BCUT2D eigenvalue weighted by Crippen LogP contribution is 2.22. The van der Waals surface area contributed by atoms with Crippen LogP contribution in [0.5, 0.6) is 0 Å². The van der Waals surface area contributed by atoms with Gasteiger partial charge in [-0.25, -0.2) is 4.79 Å². The van der Waals surface area contributed by atoms with Crippen molar-refractivity contribution in [3.63, 3.8) is 0 Å². The molecule has 0 aliphatic rings. The van der Waals surface area contributed by atoms with Gasteiger partial charge in [-0.3, -0.25) is 14.4 Å². The third kappa shape index (κ3) is 4.88. The lowest BCUT2D eigenvalue weighted by atomic mass is 10.0. The first kappa shape index (κ1) is 16.6. The molecule has 0 aliphatic carbocycles. The second-order valence-electron chi connectivity index (χ2n) is 4.17. The van der Waals surface area contributed by atoms with Crippen LogP contribution < -0.4 is 10.6 Å². The minimum absolute atomic E-state index is 0.114. The SMILES string of the molecule is CC(=O)N[C@@H](CC(=O)c1ccc(Cl)cc1NC=O)C(=O)O. The summed E-state index contributed by atoms with van der Waals surface area (Å²) in [6.07, 6.45) is -0.0605. The summed E-state index contributed by atoms with van der Waals surface area (Å²) in [4.78, 5) is 44.6. The molecule has 0 aromatic heterocycles. The molecular weight excluding hydrogens is 300 g/mol. The van der Waals surface area contributed by atoms with Crippen LogP contribution in [0.15, 0.2) is 18.2 Å². The molecule has 1 atom stereocenters. The largest absolute Gasteiger partial charge is 0.480 e. The molecule has 0 heterocycles. The van der Waals surface area contributed by atoms with Crippen molar-refractivity contribution in [2.45, 2.75) is 19.4 Å². The topological polar surface area (TPSA) is 113 Å². The molecule has 0 fully saturated rings. The van der Waals surface area contributed by atoms with Crippen LogP contribution in [0.2, 0.25) is 5.02 Å².